The second-order valence-corrected chi connectivity index (χ2v) is 6.82. The highest BCUT2D eigenvalue weighted by Gasteiger charge is 2.16. The molecule has 0 fully saturated rings. The van der Waals surface area contributed by atoms with Gasteiger partial charge in [-0.25, -0.2) is 0 Å². The van der Waals surface area contributed by atoms with E-state index in [-0.39, 0.29) is 11.5 Å². The molecule has 1 rings (SSSR count). The first kappa shape index (κ1) is 18.0. The summed E-state index contributed by atoms with van der Waals surface area (Å²) in [4.78, 5) is 0. The van der Waals surface area contributed by atoms with E-state index < -0.39 is 0 Å². The maximum atomic E-state index is 9.01. The van der Waals surface area contributed by atoms with Gasteiger partial charge in [-0.1, -0.05) is 22.9 Å². The molecule has 0 radical (unpaired) electrons. The number of hydrogen-bond donors (Lipinski definition) is 1. The van der Waals surface area contributed by atoms with E-state index in [0.717, 1.165) is 35.2 Å². The number of nitriles is 1. The lowest BCUT2D eigenvalue weighted by Crippen LogP contribution is -2.19. The van der Waals surface area contributed by atoms with Crippen molar-refractivity contribution >= 4 is 15.9 Å². The maximum Gasteiger partial charge on any atom is 0.124 e. The van der Waals surface area contributed by atoms with Gasteiger partial charge in [0.25, 0.3) is 0 Å². The van der Waals surface area contributed by atoms with E-state index >= 15 is 0 Å². The van der Waals surface area contributed by atoms with Crippen molar-refractivity contribution in [3.05, 3.63) is 28.2 Å². The Kier molecular flexibility index (Phi) is 7.21. The molecule has 1 atom stereocenters. The van der Waals surface area contributed by atoms with Crippen LogP contribution < -0.4 is 10.1 Å². The van der Waals surface area contributed by atoms with Crippen molar-refractivity contribution in [2.24, 2.45) is 5.41 Å². The van der Waals surface area contributed by atoms with E-state index in [1.807, 2.05) is 26.0 Å². The van der Waals surface area contributed by atoms with Crippen LogP contribution in [0.4, 0.5) is 0 Å². The van der Waals surface area contributed by atoms with Crippen LogP contribution in [0.1, 0.15) is 52.1 Å². The lowest BCUT2D eigenvalue weighted by molar-refractivity contribution is 0.280. The Morgan fingerprint density at radius 3 is 2.76 bits per heavy atom. The lowest BCUT2D eigenvalue weighted by Gasteiger charge is -2.19. The van der Waals surface area contributed by atoms with E-state index in [0.29, 0.717) is 6.61 Å². The van der Waals surface area contributed by atoms with Gasteiger partial charge >= 0.3 is 0 Å². The van der Waals surface area contributed by atoms with Crippen molar-refractivity contribution < 1.29 is 4.74 Å². The Labute approximate surface area is 136 Å². The average molecular weight is 353 g/mol. The molecule has 0 saturated heterocycles. The van der Waals surface area contributed by atoms with E-state index in [1.54, 1.807) is 0 Å². The number of ether oxygens (including phenoxy) is 1. The molecule has 0 heterocycles. The lowest BCUT2D eigenvalue weighted by atomic mass is 9.90. The predicted molar refractivity (Wildman–Crippen MR) is 90.4 cm³/mol. The molecule has 1 N–H and O–H groups in total. The Bertz CT molecular complexity index is 494. The van der Waals surface area contributed by atoms with Gasteiger partial charge in [0.15, 0.2) is 0 Å². The predicted octanol–water partition coefficient (Wildman–Crippen LogP) is 4.83. The van der Waals surface area contributed by atoms with Gasteiger partial charge in [0, 0.05) is 16.1 Å². The molecular weight excluding hydrogens is 328 g/mol. The first-order chi connectivity index (χ1) is 9.89. The molecule has 1 aromatic carbocycles. The maximum absolute atomic E-state index is 9.01. The third-order valence-corrected chi connectivity index (χ3v) is 3.95. The van der Waals surface area contributed by atoms with Gasteiger partial charge in [-0.15, -0.1) is 0 Å². The minimum Gasteiger partial charge on any atom is -0.493 e. The number of nitrogens with one attached hydrogen (secondary N) is 1. The Hall–Kier alpha value is -1.05. The van der Waals surface area contributed by atoms with Gasteiger partial charge in [0.05, 0.1) is 18.1 Å². The van der Waals surface area contributed by atoms with Crippen LogP contribution in [-0.4, -0.2) is 13.2 Å². The summed E-state index contributed by atoms with van der Waals surface area (Å²) in [5, 5.41) is 12.4. The minimum atomic E-state index is -0.275. The zero-order valence-electron chi connectivity index (χ0n) is 13.4. The highest BCUT2D eigenvalue weighted by molar-refractivity contribution is 9.10. The first-order valence-corrected chi connectivity index (χ1v) is 8.26. The highest BCUT2D eigenvalue weighted by Crippen LogP contribution is 2.29. The van der Waals surface area contributed by atoms with Gasteiger partial charge < -0.3 is 10.1 Å². The Balaban J connectivity index is 2.64. The van der Waals surface area contributed by atoms with Crippen LogP contribution in [0, 0.1) is 16.7 Å². The monoisotopic (exact) mass is 352 g/mol. The molecule has 4 heteroatoms. The van der Waals surface area contributed by atoms with Crippen LogP contribution in [0.5, 0.6) is 5.75 Å². The van der Waals surface area contributed by atoms with E-state index in [2.05, 4.69) is 47.2 Å². The summed E-state index contributed by atoms with van der Waals surface area (Å²) in [6.07, 6.45) is 1.73. The van der Waals surface area contributed by atoms with Crippen molar-refractivity contribution in [1.29, 1.82) is 5.26 Å². The van der Waals surface area contributed by atoms with Gasteiger partial charge in [-0.3, -0.25) is 0 Å². The molecule has 0 spiro atoms. The molecule has 0 amide bonds. The van der Waals surface area contributed by atoms with E-state index in [4.69, 9.17) is 10.00 Å². The molecule has 3 nitrogen and oxygen atoms in total. The Morgan fingerprint density at radius 1 is 1.43 bits per heavy atom. The summed E-state index contributed by atoms with van der Waals surface area (Å²) in [6.45, 7) is 9.72. The average Bonchev–Trinajstić information content (AvgIpc) is 2.45. The third kappa shape index (κ3) is 6.07. The zero-order chi connectivity index (χ0) is 15.9. The standard InChI is InChI=1S/C17H25BrN2O/c1-5-20-13(2)15-11-14(18)7-8-16(15)21-10-6-9-17(3,4)12-19/h7-8,11,13,20H,5-6,9-10H2,1-4H3. The van der Waals surface area contributed by atoms with Crippen molar-refractivity contribution in [1.82, 2.24) is 5.32 Å². The zero-order valence-corrected chi connectivity index (χ0v) is 15.0. The number of hydrogen-bond acceptors (Lipinski definition) is 3. The molecule has 0 aliphatic heterocycles. The fourth-order valence-corrected chi connectivity index (χ4v) is 2.54. The molecule has 0 aliphatic rings. The number of rotatable bonds is 8. The number of halogens is 1. The molecule has 0 bridgehead atoms. The largest absolute Gasteiger partial charge is 0.493 e. The summed E-state index contributed by atoms with van der Waals surface area (Å²) in [5.41, 5.74) is 0.883. The molecule has 21 heavy (non-hydrogen) atoms. The van der Waals surface area contributed by atoms with Crippen LogP contribution >= 0.6 is 15.9 Å². The van der Waals surface area contributed by atoms with Crippen LogP contribution in [0.3, 0.4) is 0 Å². The van der Waals surface area contributed by atoms with Crippen LogP contribution in [0.2, 0.25) is 0 Å². The fraction of sp³-hybridized carbons (Fsp3) is 0.588. The molecular formula is C17H25BrN2O. The second-order valence-electron chi connectivity index (χ2n) is 5.91. The second kappa shape index (κ2) is 8.41. The number of benzene rings is 1. The third-order valence-electron chi connectivity index (χ3n) is 3.45. The number of nitrogens with zero attached hydrogens (tertiary/aromatic N) is 1. The van der Waals surface area contributed by atoms with E-state index in [1.165, 1.54) is 0 Å². The molecule has 0 aliphatic carbocycles. The first-order valence-electron chi connectivity index (χ1n) is 7.46. The van der Waals surface area contributed by atoms with Crippen molar-refractivity contribution in [2.45, 2.75) is 46.6 Å². The quantitative estimate of drug-likeness (QED) is 0.681. The molecule has 0 saturated carbocycles. The van der Waals surface area contributed by atoms with Crippen molar-refractivity contribution in [3.8, 4) is 11.8 Å². The highest BCUT2D eigenvalue weighted by atomic mass is 79.9. The smallest absolute Gasteiger partial charge is 0.124 e. The summed E-state index contributed by atoms with van der Waals surface area (Å²) >= 11 is 3.51. The van der Waals surface area contributed by atoms with Gasteiger partial charge in [0.2, 0.25) is 0 Å². The van der Waals surface area contributed by atoms with Gasteiger partial charge in [-0.2, -0.15) is 5.26 Å². The van der Waals surface area contributed by atoms with Gasteiger partial charge in [0.1, 0.15) is 5.75 Å². The molecule has 1 aromatic rings. The van der Waals surface area contributed by atoms with Crippen LogP contribution in [0.15, 0.2) is 22.7 Å². The summed E-state index contributed by atoms with van der Waals surface area (Å²) in [6, 6.07) is 8.67. The van der Waals surface area contributed by atoms with Crippen LogP contribution in [0.25, 0.3) is 0 Å². The van der Waals surface area contributed by atoms with Crippen molar-refractivity contribution in [2.75, 3.05) is 13.2 Å². The van der Waals surface area contributed by atoms with Crippen LogP contribution in [-0.2, 0) is 0 Å². The topological polar surface area (TPSA) is 45.0 Å². The van der Waals surface area contributed by atoms with Gasteiger partial charge in [-0.05, 0) is 58.4 Å². The molecule has 116 valence electrons. The minimum absolute atomic E-state index is 0.248. The summed E-state index contributed by atoms with van der Waals surface area (Å²) in [7, 11) is 0. The normalized spacial score (nSPS) is 12.8. The summed E-state index contributed by atoms with van der Waals surface area (Å²) in [5.74, 6) is 0.918. The molecule has 0 aromatic heterocycles. The summed E-state index contributed by atoms with van der Waals surface area (Å²) < 4.78 is 6.99. The fourth-order valence-electron chi connectivity index (χ4n) is 2.16. The van der Waals surface area contributed by atoms with Crippen molar-refractivity contribution in [3.63, 3.8) is 0 Å². The van der Waals surface area contributed by atoms with E-state index in [9.17, 15) is 0 Å². The SMILES string of the molecule is CCNC(C)c1cc(Br)ccc1OCCCC(C)(C)C#N. The Morgan fingerprint density at radius 2 is 2.14 bits per heavy atom. The molecule has 1 unspecified atom stereocenters.